The monoisotopic (exact) mass is 180 g/mol. The molecule has 1 heterocycles. The molecule has 1 aliphatic heterocycles. The number of rotatable bonds is 2. The minimum atomic E-state index is -0.189. The first-order valence-electron chi connectivity index (χ1n) is 4.27. The van der Waals surface area contributed by atoms with Gasteiger partial charge in [-0.2, -0.15) is 0 Å². The van der Waals surface area contributed by atoms with E-state index in [1.807, 2.05) is 24.3 Å². The van der Waals surface area contributed by atoms with Crippen LogP contribution in [0.2, 0.25) is 0 Å². The molecule has 0 radical (unpaired) electrons. The number of methoxy groups -OCH3 is 1. The van der Waals surface area contributed by atoms with E-state index in [2.05, 4.69) is 0 Å². The van der Waals surface area contributed by atoms with Crippen LogP contribution in [0.4, 0.5) is 0 Å². The molecule has 0 aromatic heterocycles. The van der Waals surface area contributed by atoms with E-state index >= 15 is 0 Å². The number of hydrogen-bond donors (Lipinski definition) is 0. The van der Waals surface area contributed by atoms with Crippen molar-refractivity contribution in [3.05, 3.63) is 29.8 Å². The highest BCUT2D eigenvalue weighted by molar-refractivity contribution is 5.27. The van der Waals surface area contributed by atoms with Gasteiger partial charge in [0.2, 0.25) is 0 Å². The van der Waals surface area contributed by atoms with Crippen molar-refractivity contribution in [3.63, 3.8) is 0 Å². The lowest BCUT2D eigenvalue weighted by Crippen LogP contribution is -1.97. The molecule has 2 rings (SSSR count). The molecule has 1 fully saturated rings. The summed E-state index contributed by atoms with van der Waals surface area (Å²) in [5.41, 5.74) is 1.04. The van der Waals surface area contributed by atoms with Crippen LogP contribution in [0, 0.1) is 0 Å². The van der Waals surface area contributed by atoms with Crippen LogP contribution >= 0.6 is 0 Å². The number of benzene rings is 1. The molecule has 0 amide bonds. The zero-order valence-corrected chi connectivity index (χ0v) is 7.53. The topological polar surface area (TPSA) is 27.7 Å². The molecule has 3 heteroatoms. The van der Waals surface area contributed by atoms with Gasteiger partial charge in [-0.25, -0.2) is 0 Å². The van der Waals surface area contributed by atoms with Crippen molar-refractivity contribution >= 4 is 0 Å². The summed E-state index contributed by atoms with van der Waals surface area (Å²) in [7, 11) is 1.65. The van der Waals surface area contributed by atoms with Crippen LogP contribution in [0.1, 0.15) is 11.9 Å². The summed E-state index contributed by atoms with van der Waals surface area (Å²) in [5, 5.41) is 0. The lowest BCUT2D eigenvalue weighted by Gasteiger charge is -2.09. The quantitative estimate of drug-likeness (QED) is 0.693. The second-order valence-corrected chi connectivity index (χ2v) is 2.85. The van der Waals surface area contributed by atoms with Crippen molar-refractivity contribution in [3.8, 4) is 5.75 Å². The summed E-state index contributed by atoms with van der Waals surface area (Å²) in [6.45, 7) is 1.35. The molecule has 13 heavy (non-hydrogen) atoms. The van der Waals surface area contributed by atoms with Crippen molar-refractivity contribution < 1.29 is 14.2 Å². The molecule has 3 nitrogen and oxygen atoms in total. The molecular formula is C10H12O3. The molecule has 1 aliphatic rings. The SMILES string of the molecule is COc1ccc(C2OCCO2)cc1. The molecular weight excluding hydrogens is 168 g/mol. The second kappa shape index (κ2) is 3.77. The number of ether oxygens (including phenoxy) is 3. The molecule has 0 bridgehead atoms. The van der Waals surface area contributed by atoms with Crippen LogP contribution in [0.3, 0.4) is 0 Å². The fourth-order valence-corrected chi connectivity index (χ4v) is 1.31. The van der Waals surface area contributed by atoms with Crippen LogP contribution < -0.4 is 4.74 Å². The standard InChI is InChI=1S/C10H12O3/c1-11-9-4-2-8(3-5-9)10-12-6-7-13-10/h2-5,10H,6-7H2,1H3. The van der Waals surface area contributed by atoms with Crippen LogP contribution in [0.15, 0.2) is 24.3 Å². The lowest BCUT2D eigenvalue weighted by molar-refractivity contribution is -0.0441. The first kappa shape index (κ1) is 8.53. The highest BCUT2D eigenvalue weighted by Gasteiger charge is 2.17. The summed E-state index contributed by atoms with van der Waals surface area (Å²) in [6, 6.07) is 7.71. The van der Waals surface area contributed by atoms with Gasteiger partial charge in [0.05, 0.1) is 20.3 Å². The zero-order chi connectivity index (χ0) is 9.10. The Balaban J connectivity index is 2.12. The van der Waals surface area contributed by atoms with Crippen LogP contribution in [-0.4, -0.2) is 20.3 Å². The Bertz CT molecular complexity index is 262. The summed E-state index contributed by atoms with van der Waals surface area (Å²) >= 11 is 0. The minimum absolute atomic E-state index is 0.189. The largest absolute Gasteiger partial charge is 0.497 e. The number of hydrogen-bond acceptors (Lipinski definition) is 3. The predicted molar refractivity (Wildman–Crippen MR) is 47.6 cm³/mol. The Morgan fingerprint density at radius 3 is 2.31 bits per heavy atom. The first-order chi connectivity index (χ1) is 6.40. The Morgan fingerprint density at radius 1 is 1.15 bits per heavy atom. The molecule has 0 spiro atoms. The first-order valence-corrected chi connectivity index (χ1v) is 4.27. The van der Waals surface area contributed by atoms with Crippen LogP contribution in [0.5, 0.6) is 5.75 Å². The molecule has 70 valence electrons. The van der Waals surface area contributed by atoms with E-state index in [1.54, 1.807) is 7.11 Å². The maximum absolute atomic E-state index is 5.35. The summed E-state index contributed by atoms with van der Waals surface area (Å²) < 4.78 is 15.7. The van der Waals surface area contributed by atoms with Crippen LogP contribution in [-0.2, 0) is 9.47 Å². The summed E-state index contributed by atoms with van der Waals surface area (Å²) in [5.74, 6) is 0.849. The van der Waals surface area contributed by atoms with Gasteiger partial charge in [-0.05, 0) is 12.1 Å². The van der Waals surface area contributed by atoms with Crippen LogP contribution in [0.25, 0.3) is 0 Å². The van der Waals surface area contributed by atoms with Crippen molar-refractivity contribution in [1.82, 2.24) is 0 Å². The van der Waals surface area contributed by atoms with Gasteiger partial charge in [0.25, 0.3) is 0 Å². The maximum atomic E-state index is 5.35. The fraction of sp³-hybridized carbons (Fsp3) is 0.400. The second-order valence-electron chi connectivity index (χ2n) is 2.85. The third-order valence-electron chi connectivity index (χ3n) is 2.01. The van der Waals surface area contributed by atoms with E-state index in [4.69, 9.17) is 14.2 Å². The molecule has 1 saturated heterocycles. The molecule has 1 aromatic rings. The van der Waals surface area contributed by atoms with E-state index < -0.39 is 0 Å². The molecule has 0 N–H and O–H groups in total. The van der Waals surface area contributed by atoms with Gasteiger partial charge in [0.15, 0.2) is 6.29 Å². The summed E-state index contributed by atoms with van der Waals surface area (Å²) in [4.78, 5) is 0. The highest BCUT2D eigenvalue weighted by atomic mass is 16.7. The Morgan fingerprint density at radius 2 is 1.77 bits per heavy atom. The molecule has 0 saturated carbocycles. The molecule has 0 aliphatic carbocycles. The third kappa shape index (κ3) is 1.82. The maximum Gasteiger partial charge on any atom is 0.184 e. The van der Waals surface area contributed by atoms with E-state index in [1.165, 1.54) is 0 Å². The Hall–Kier alpha value is -1.06. The van der Waals surface area contributed by atoms with Gasteiger partial charge in [0, 0.05) is 5.56 Å². The van der Waals surface area contributed by atoms with Crippen molar-refractivity contribution in [2.45, 2.75) is 6.29 Å². The smallest absolute Gasteiger partial charge is 0.184 e. The molecule has 1 aromatic carbocycles. The average Bonchev–Trinajstić information content (AvgIpc) is 2.71. The fourth-order valence-electron chi connectivity index (χ4n) is 1.31. The van der Waals surface area contributed by atoms with Gasteiger partial charge in [-0.3, -0.25) is 0 Å². The predicted octanol–water partition coefficient (Wildman–Crippen LogP) is 1.74. The lowest BCUT2D eigenvalue weighted by atomic mass is 10.2. The van der Waals surface area contributed by atoms with E-state index in [0.29, 0.717) is 13.2 Å². The molecule has 0 atom stereocenters. The Kier molecular flexibility index (Phi) is 2.47. The van der Waals surface area contributed by atoms with Gasteiger partial charge in [0.1, 0.15) is 5.75 Å². The Labute approximate surface area is 77.2 Å². The summed E-state index contributed by atoms with van der Waals surface area (Å²) in [6.07, 6.45) is -0.189. The van der Waals surface area contributed by atoms with Crippen molar-refractivity contribution in [1.29, 1.82) is 0 Å². The van der Waals surface area contributed by atoms with Gasteiger partial charge in [-0.15, -0.1) is 0 Å². The van der Waals surface area contributed by atoms with E-state index in [-0.39, 0.29) is 6.29 Å². The highest BCUT2D eigenvalue weighted by Crippen LogP contribution is 2.24. The van der Waals surface area contributed by atoms with Crippen molar-refractivity contribution in [2.24, 2.45) is 0 Å². The molecule has 0 unspecified atom stereocenters. The average molecular weight is 180 g/mol. The minimum Gasteiger partial charge on any atom is -0.497 e. The zero-order valence-electron chi connectivity index (χ0n) is 7.53. The van der Waals surface area contributed by atoms with E-state index in [0.717, 1.165) is 11.3 Å². The third-order valence-corrected chi connectivity index (χ3v) is 2.01. The van der Waals surface area contributed by atoms with Gasteiger partial charge in [-0.1, -0.05) is 12.1 Å². The van der Waals surface area contributed by atoms with E-state index in [9.17, 15) is 0 Å². The van der Waals surface area contributed by atoms with Gasteiger partial charge < -0.3 is 14.2 Å². The van der Waals surface area contributed by atoms with Crippen molar-refractivity contribution in [2.75, 3.05) is 20.3 Å². The normalized spacial score (nSPS) is 17.6. The van der Waals surface area contributed by atoms with Gasteiger partial charge >= 0.3 is 0 Å².